The summed E-state index contributed by atoms with van der Waals surface area (Å²) in [4.78, 5) is 8.88. The molecule has 0 N–H and O–H groups in total. The molecule has 0 aliphatic carbocycles. The average molecular weight is 327 g/mol. The number of nitrogens with zero attached hydrogens (tertiary/aromatic N) is 5. The quantitative estimate of drug-likeness (QED) is 0.740. The fraction of sp³-hybridized carbons (Fsp3) is 0.412. The van der Waals surface area contributed by atoms with Gasteiger partial charge in [-0.25, -0.2) is 14.1 Å². The zero-order valence-corrected chi connectivity index (χ0v) is 13.7. The second-order valence-corrected chi connectivity index (χ2v) is 6.27. The van der Waals surface area contributed by atoms with Crippen molar-refractivity contribution in [2.75, 3.05) is 0 Å². The molecule has 1 aromatic carbocycles. The van der Waals surface area contributed by atoms with Crippen molar-refractivity contribution in [3.63, 3.8) is 0 Å². The van der Waals surface area contributed by atoms with Gasteiger partial charge in [-0.1, -0.05) is 23.4 Å². The Labute approximate surface area is 138 Å². The summed E-state index contributed by atoms with van der Waals surface area (Å²) >= 11 is 0. The minimum Gasteiger partial charge on any atom is -0.339 e. The first kappa shape index (κ1) is 15.0. The summed E-state index contributed by atoms with van der Waals surface area (Å²) in [6, 6.07) is 5.34. The third kappa shape index (κ3) is 2.70. The van der Waals surface area contributed by atoms with Crippen LogP contribution in [0.25, 0.3) is 0 Å². The van der Waals surface area contributed by atoms with Crippen LogP contribution in [0.4, 0.5) is 4.39 Å². The fourth-order valence-electron chi connectivity index (χ4n) is 3.16. The zero-order valence-electron chi connectivity index (χ0n) is 13.7. The van der Waals surface area contributed by atoms with E-state index in [-0.39, 0.29) is 11.7 Å². The molecule has 2 aromatic heterocycles. The third-order valence-corrected chi connectivity index (χ3v) is 4.42. The van der Waals surface area contributed by atoms with E-state index in [0.29, 0.717) is 35.8 Å². The van der Waals surface area contributed by atoms with Gasteiger partial charge in [-0.3, -0.25) is 0 Å². The van der Waals surface area contributed by atoms with E-state index in [1.54, 1.807) is 19.1 Å². The molecule has 1 aliphatic heterocycles. The van der Waals surface area contributed by atoms with Gasteiger partial charge in [-0.2, -0.15) is 10.1 Å². The Kier molecular flexibility index (Phi) is 3.63. The van der Waals surface area contributed by atoms with Crippen LogP contribution >= 0.6 is 0 Å². The summed E-state index contributed by atoms with van der Waals surface area (Å²) in [6.07, 6.45) is 2.08. The number of fused-ring (bicyclic) bond motifs is 1. The fourth-order valence-corrected chi connectivity index (χ4v) is 3.16. The molecule has 1 aliphatic rings. The average Bonchev–Trinajstić information content (AvgIpc) is 3.16. The smallest absolute Gasteiger partial charge is 0.231 e. The van der Waals surface area contributed by atoms with Crippen molar-refractivity contribution < 1.29 is 8.91 Å². The van der Waals surface area contributed by atoms with Crippen LogP contribution in [-0.4, -0.2) is 24.9 Å². The number of rotatable bonds is 3. The highest BCUT2D eigenvalue weighted by molar-refractivity contribution is 5.27. The Hall–Kier alpha value is -2.57. The van der Waals surface area contributed by atoms with Crippen LogP contribution in [-0.2, 0) is 19.4 Å². The van der Waals surface area contributed by atoms with Crippen molar-refractivity contribution >= 4 is 0 Å². The minimum atomic E-state index is -0.204. The molecule has 6 nitrogen and oxygen atoms in total. The summed E-state index contributed by atoms with van der Waals surface area (Å²) in [5.74, 6) is 2.82. The Morgan fingerprint density at radius 2 is 2.17 bits per heavy atom. The topological polar surface area (TPSA) is 69.6 Å². The summed E-state index contributed by atoms with van der Waals surface area (Å²) in [6.45, 7) is 4.33. The van der Waals surface area contributed by atoms with Crippen LogP contribution in [0.2, 0.25) is 0 Å². The number of hydrogen-bond donors (Lipinski definition) is 0. The van der Waals surface area contributed by atoms with Gasteiger partial charge in [0.1, 0.15) is 17.5 Å². The number of halogens is 1. The summed E-state index contributed by atoms with van der Waals surface area (Å²) in [5.41, 5.74) is 1.21. The summed E-state index contributed by atoms with van der Waals surface area (Å²) in [5, 5.41) is 8.41. The molecule has 24 heavy (non-hydrogen) atoms. The van der Waals surface area contributed by atoms with Crippen molar-refractivity contribution in [3.8, 4) is 0 Å². The van der Waals surface area contributed by atoms with Crippen LogP contribution in [0, 0.1) is 19.7 Å². The lowest BCUT2D eigenvalue weighted by molar-refractivity contribution is 0.306. The van der Waals surface area contributed by atoms with Gasteiger partial charge in [-0.15, -0.1) is 0 Å². The number of hydrogen-bond acceptors (Lipinski definition) is 5. The van der Waals surface area contributed by atoms with Crippen molar-refractivity contribution in [1.29, 1.82) is 0 Å². The first-order valence-electron chi connectivity index (χ1n) is 8.07. The minimum absolute atomic E-state index is 0.127. The van der Waals surface area contributed by atoms with Crippen LogP contribution in [0.1, 0.15) is 46.8 Å². The Balaban J connectivity index is 1.52. The molecule has 7 heteroatoms. The second-order valence-electron chi connectivity index (χ2n) is 6.27. The van der Waals surface area contributed by atoms with Gasteiger partial charge in [0.15, 0.2) is 5.82 Å². The molecule has 0 bridgehead atoms. The lowest BCUT2D eigenvalue weighted by Gasteiger charge is -2.18. The summed E-state index contributed by atoms with van der Waals surface area (Å²) < 4.78 is 21.4. The molecule has 0 amide bonds. The van der Waals surface area contributed by atoms with Gasteiger partial charge in [-0.05, 0) is 31.4 Å². The normalized spacial score (nSPS) is 17.0. The van der Waals surface area contributed by atoms with Gasteiger partial charge >= 0.3 is 0 Å². The van der Waals surface area contributed by atoms with Crippen LogP contribution in [0.5, 0.6) is 0 Å². The van der Waals surface area contributed by atoms with E-state index in [1.807, 2.05) is 17.7 Å². The van der Waals surface area contributed by atoms with Crippen molar-refractivity contribution in [2.45, 2.75) is 45.6 Å². The van der Waals surface area contributed by atoms with Crippen molar-refractivity contribution in [2.24, 2.45) is 0 Å². The first-order chi connectivity index (χ1) is 11.6. The lowest BCUT2D eigenvalue weighted by atomic mass is 10.00. The molecule has 1 unspecified atom stereocenters. The summed E-state index contributed by atoms with van der Waals surface area (Å²) in [7, 11) is 0. The van der Waals surface area contributed by atoms with E-state index >= 15 is 0 Å². The Bertz CT molecular complexity index is 885. The maximum Gasteiger partial charge on any atom is 0.231 e. The standard InChI is InChI=1S/C17H18FN5O/c1-10-4-3-5-12(16(10)18)8-14-20-17(24-22-14)13-6-7-15-19-11(2)21-23(15)9-13/h3-5,13H,6-9H2,1-2H3. The highest BCUT2D eigenvalue weighted by Crippen LogP contribution is 2.27. The van der Waals surface area contributed by atoms with E-state index in [1.165, 1.54) is 0 Å². The molecule has 3 heterocycles. The van der Waals surface area contributed by atoms with Gasteiger partial charge < -0.3 is 4.52 Å². The van der Waals surface area contributed by atoms with Gasteiger partial charge in [0.25, 0.3) is 0 Å². The molecule has 4 rings (SSSR count). The third-order valence-electron chi connectivity index (χ3n) is 4.42. The molecule has 0 spiro atoms. The molecule has 3 aromatic rings. The Morgan fingerprint density at radius 1 is 1.29 bits per heavy atom. The van der Waals surface area contributed by atoms with E-state index in [2.05, 4.69) is 20.2 Å². The molecule has 0 fully saturated rings. The molecular weight excluding hydrogens is 309 g/mol. The number of aryl methyl sites for hydroxylation is 3. The maximum absolute atomic E-state index is 14.1. The number of aromatic nitrogens is 5. The highest BCUT2D eigenvalue weighted by atomic mass is 19.1. The highest BCUT2D eigenvalue weighted by Gasteiger charge is 2.26. The molecule has 0 radical (unpaired) electrons. The zero-order chi connectivity index (χ0) is 16.7. The number of benzene rings is 1. The molecule has 124 valence electrons. The van der Waals surface area contributed by atoms with Crippen LogP contribution in [0.15, 0.2) is 22.7 Å². The van der Waals surface area contributed by atoms with E-state index in [4.69, 9.17) is 4.52 Å². The van der Waals surface area contributed by atoms with E-state index < -0.39 is 0 Å². The van der Waals surface area contributed by atoms with Gasteiger partial charge in [0.05, 0.1) is 12.5 Å². The second kappa shape index (κ2) is 5.81. The van der Waals surface area contributed by atoms with Gasteiger partial charge in [0, 0.05) is 12.8 Å². The first-order valence-corrected chi connectivity index (χ1v) is 8.07. The van der Waals surface area contributed by atoms with Crippen LogP contribution in [0.3, 0.4) is 0 Å². The Morgan fingerprint density at radius 3 is 3.04 bits per heavy atom. The van der Waals surface area contributed by atoms with E-state index in [0.717, 1.165) is 24.5 Å². The van der Waals surface area contributed by atoms with Crippen molar-refractivity contribution in [3.05, 3.63) is 58.5 Å². The van der Waals surface area contributed by atoms with Gasteiger partial charge in [0.2, 0.25) is 5.89 Å². The molecule has 0 saturated carbocycles. The molecular formula is C17H18FN5O. The lowest BCUT2D eigenvalue weighted by Crippen LogP contribution is -2.20. The van der Waals surface area contributed by atoms with E-state index in [9.17, 15) is 4.39 Å². The molecule has 0 saturated heterocycles. The maximum atomic E-state index is 14.1. The van der Waals surface area contributed by atoms with Crippen molar-refractivity contribution in [1.82, 2.24) is 24.9 Å². The SMILES string of the molecule is Cc1nc2n(n1)CC(c1nc(Cc3cccc(C)c3F)no1)CC2. The van der Waals surface area contributed by atoms with Crippen LogP contribution < -0.4 is 0 Å². The largest absolute Gasteiger partial charge is 0.339 e. The molecule has 1 atom stereocenters. The predicted octanol–water partition coefficient (Wildman–Crippen LogP) is 2.74. The predicted molar refractivity (Wildman–Crippen MR) is 84.1 cm³/mol. The monoisotopic (exact) mass is 327 g/mol.